The summed E-state index contributed by atoms with van der Waals surface area (Å²) in [6, 6.07) is 17.9. The molecule has 3 aromatic rings. The minimum absolute atomic E-state index is 0.0698. The summed E-state index contributed by atoms with van der Waals surface area (Å²) in [7, 11) is -3.68. The molecule has 0 spiro atoms. The first kappa shape index (κ1) is 22.2. The van der Waals surface area contributed by atoms with Gasteiger partial charge < -0.3 is 9.84 Å². The van der Waals surface area contributed by atoms with Gasteiger partial charge in [-0.25, -0.2) is 8.42 Å². The van der Waals surface area contributed by atoms with E-state index in [1.807, 2.05) is 30.3 Å². The van der Waals surface area contributed by atoms with Crippen LogP contribution < -0.4 is 5.32 Å². The van der Waals surface area contributed by atoms with Crippen LogP contribution >= 0.6 is 0 Å². The van der Waals surface area contributed by atoms with Crippen LogP contribution in [0, 0.1) is 0 Å². The molecule has 1 amide bonds. The van der Waals surface area contributed by atoms with Crippen LogP contribution in [0.3, 0.4) is 0 Å². The van der Waals surface area contributed by atoms with Gasteiger partial charge in [-0.3, -0.25) is 4.79 Å². The lowest BCUT2D eigenvalue weighted by Crippen LogP contribution is -2.35. The topological polar surface area (TPSA) is 105 Å². The van der Waals surface area contributed by atoms with Crippen molar-refractivity contribution in [3.05, 3.63) is 66.6 Å². The molecule has 168 valence electrons. The molecule has 2 aromatic carbocycles. The van der Waals surface area contributed by atoms with Crippen LogP contribution in [-0.2, 0) is 14.8 Å². The summed E-state index contributed by atoms with van der Waals surface area (Å²) >= 11 is 0. The Morgan fingerprint density at radius 3 is 2.44 bits per heavy atom. The van der Waals surface area contributed by atoms with Gasteiger partial charge in [0.05, 0.1) is 4.90 Å². The van der Waals surface area contributed by atoms with Gasteiger partial charge in [-0.15, -0.1) is 0 Å². The number of rotatable bonds is 4. The molecule has 0 aliphatic carbocycles. The SMILES string of the molecule is O=C1CCN(S(=O)(=O)c2ccccc2)CCCC(c2nc(-c3ccccc3)no2)CCN1. The van der Waals surface area contributed by atoms with Crippen LogP contribution in [0.4, 0.5) is 0 Å². The van der Waals surface area contributed by atoms with Gasteiger partial charge in [0.2, 0.25) is 27.6 Å². The van der Waals surface area contributed by atoms with Gasteiger partial charge in [0.25, 0.3) is 0 Å². The molecule has 1 aromatic heterocycles. The number of carbonyl (C=O) groups excluding carboxylic acids is 1. The summed E-state index contributed by atoms with van der Waals surface area (Å²) in [5.41, 5.74) is 0.868. The Balaban J connectivity index is 1.51. The summed E-state index contributed by atoms with van der Waals surface area (Å²) in [5, 5.41) is 6.99. The Labute approximate surface area is 187 Å². The smallest absolute Gasteiger partial charge is 0.243 e. The van der Waals surface area contributed by atoms with Crippen molar-refractivity contribution in [1.82, 2.24) is 19.8 Å². The summed E-state index contributed by atoms with van der Waals surface area (Å²) in [6.45, 7) is 0.936. The highest BCUT2D eigenvalue weighted by molar-refractivity contribution is 7.89. The highest BCUT2D eigenvalue weighted by atomic mass is 32.2. The van der Waals surface area contributed by atoms with Gasteiger partial charge in [-0.05, 0) is 31.4 Å². The predicted molar refractivity (Wildman–Crippen MR) is 119 cm³/mol. The molecular weight excluding hydrogens is 428 g/mol. The third-order valence-corrected chi connectivity index (χ3v) is 7.48. The Morgan fingerprint density at radius 1 is 0.969 bits per heavy atom. The Bertz CT molecular complexity index is 1130. The van der Waals surface area contributed by atoms with E-state index in [9.17, 15) is 13.2 Å². The highest BCUT2D eigenvalue weighted by Gasteiger charge is 2.27. The summed E-state index contributed by atoms with van der Waals surface area (Å²) < 4.78 is 33.2. The van der Waals surface area contributed by atoms with Crippen molar-refractivity contribution in [2.45, 2.75) is 36.5 Å². The number of nitrogens with one attached hydrogen (secondary N) is 1. The summed E-state index contributed by atoms with van der Waals surface area (Å²) in [4.78, 5) is 17.1. The number of hydrogen-bond donors (Lipinski definition) is 1. The maximum atomic E-state index is 13.1. The van der Waals surface area contributed by atoms with E-state index in [2.05, 4.69) is 15.5 Å². The highest BCUT2D eigenvalue weighted by Crippen LogP contribution is 2.27. The number of benzene rings is 2. The minimum atomic E-state index is -3.68. The summed E-state index contributed by atoms with van der Waals surface area (Å²) in [6.07, 6.45) is 2.06. The first-order valence-corrected chi connectivity index (χ1v) is 12.2. The van der Waals surface area contributed by atoms with E-state index < -0.39 is 10.0 Å². The molecular formula is C23H26N4O4S. The standard InChI is InChI=1S/C23H26N4O4S/c28-21-14-17-27(32(29,30)20-11-5-2-6-12-20)16-7-10-19(13-15-24-21)23-25-22(26-31-23)18-8-3-1-4-9-18/h1-6,8-9,11-12,19H,7,10,13-17H2,(H,24,28). The largest absolute Gasteiger partial charge is 0.356 e. The molecule has 0 saturated carbocycles. The fourth-order valence-corrected chi connectivity index (χ4v) is 5.31. The number of carbonyl (C=O) groups is 1. The van der Waals surface area contributed by atoms with Gasteiger partial charge in [-0.2, -0.15) is 9.29 Å². The van der Waals surface area contributed by atoms with Gasteiger partial charge in [-0.1, -0.05) is 53.7 Å². The van der Waals surface area contributed by atoms with Crippen molar-refractivity contribution in [2.24, 2.45) is 0 Å². The van der Waals surface area contributed by atoms with Crippen molar-refractivity contribution in [3.8, 4) is 11.4 Å². The van der Waals surface area contributed by atoms with E-state index in [1.165, 1.54) is 4.31 Å². The molecule has 0 bridgehead atoms. The van der Waals surface area contributed by atoms with E-state index in [0.717, 1.165) is 5.56 Å². The zero-order valence-corrected chi connectivity index (χ0v) is 18.5. The first-order valence-electron chi connectivity index (χ1n) is 10.7. The van der Waals surface area contributed by atoms with Gasteiger partial charge >= 0.3 is 0 Å². The van der Waals surface area contributed by atoms with Crippen molar-refractivity contribution in [2.75, 3.05) is 19.6 Å². The molecule has 1 aliphatic rings. The third-order valence-electron chi connectivity index (χ3n) is 5.57. The average Bonchev–Trinajstić information content (AvgIpc) is 3.29. The molecule has 8 nitrogen and oxygen atoms in total. The number of sulfonamides is 1. The molecule has 32 heavy (non-hydrogen) atoms. The monoisotopic (exact) mass is 454 g/mol. The molecule has 1 fully saturated rings. The Hall–Kier alpha value is -3.04. The maximum absolute atomic E-state index is 13.1. The second-order valence-corrected chi connectivity index (χ2v) is 9.71. The van der Waals surface area contributed by atoms with Crippen LogP contribution in [0.15, 0.2) is 70.1 Å². The molecule has 1 saturated heterocycles. The number of amides is 1. The second kappa shape index (κ2) is 10.1. The average molecular weight is 455 g/mol. The first-order chi connectivity index (χ1) is 15.5. The molecule has 0 radical (unpaired) electrons. The van der Waals surface area contributed by atoms with Crippen molar-refractivity contribution < 1.29 is 17.7 Å². The van der Waals surface area contributed by atoms with Gasteiger partial charge in [0.1, 0.15) is 0 Å². The van der Waals surface area contributed by atoms with E-state index in [1.54, 1.807) is 30.3 Å². The lowest BCUT2D eigenvalue weighted by molar-refractivity contribution is -0.121. The van der Waals surface area contributed by atoms with Gasteiger partial charge in [0, 0.05) is 37.5 Å². The molecule has 1 aliphatic heterocycles. The number of nitrogens with zero attached hydrogens (tertiary/aromatic N) is 3. The quantitative estimate of drug-likeness (QED) is 0.649. The summed E-state index contributed by atoms with van der Waals surface area (Å²) in [5.74, 6) is 0.788. The van der Waals surface area contributed by atoms with Crippen LogP contribution in [0.1, 0.15) is 37.5 Å². The Kier molecular flexibility index (Phi) is 6.96. The van der Waals surface area contributed by atoms with Crippen LogP contribution in [0.2, 0.25) is 0 Å². The van der Waals surface area contributed by atoms with E-state index in [-0.39, 0.29) is 29.7 Å². The molecule has 9 heteroatoms. The normalized spacial score (nSPS) is 19.1. The number of hydrogen-bond acceptors (Lipinski definition) is 6. The fourth-order valence-electron chi connectivity index (χ4n) is 3.80. The van der Waals surface area contributed by atoms with E-state index in [0.29, 0.717) is 44.1 Å². The zero-order valence-electron chi connectivity index (χ0n) is 17.7. The van der Waals surface area contributed by atoms with Crippen molar-refractivity contribution >= 4 is 15.9 Å². The van der Waals surface area contributed by atoms with Gasteiger partial charge in [0.15, 0.2) is 0 Å². The fraction of sp³-hybridized carbons (Fsp3) is 0.348. The van der Waals surface area contributed by atoms with Crippen molar-refractivity contribution in [1.29, 1.82) is 0 Å². The molecule has 1 unspecified atom stereocenters. The van der Waals surface area contributed by atoms with Crippen LogP contribution in [-0.4, -0.2) is 48.4 Å². The minimum Gasteiger partial charge on any atom is -0.356 e. The van der Waals surface area contributed by atoms with Crippen LogP contribution in [0.5, 0.6) is 0 Å². The molecule has 2 heterocycles. The van der Waals surface area contributed by atoms with E-state index >= 15 is 0 Å². The van der Waals surface area contributed by atoms with Crippen LogP contribution in [0.25, 0.3) is 11.4 Å². The van der Waals surface area contributed by atoms with E-state index in [4.69, 9.17) is 4.52 Å². The second-order valence-electron chi connectivity index (χ2n) is 7.77. The lowest BCUT2D eigenvalue weighted by Gasteiger charge is -2.22. The third kappa shape index (κ3) is 5.23. The Morgan fingerprint density at radius 2 is 1.69 bits per heavy atom. The molecule has 1 atom stereocenters. The maximum Gasteiger partial charge on any atom is 0.243 e. The lowest BCUT2D eigenvalue weighted by atomic mass is 9.99. The van der Waals surface area contributed by atoms with Crippen molar-refractivity contribution in [3.63, 3.8) is 0 Å². The predicted octanol–water partition coefficient (Wildman–Crippen LogP) is 3.20. The molecule has 1 N–H and O–H groups in total. The number of aromatic nitrogens is 2. The zero-order chi connectivity index (χ0) is 22.4. The molecule has 4 rings (SSSR count).